The molecule has 1 heterocycles. The minimum atomic E-state index is -3.21. The third-order valence-electron chi connectivity index (χ3n) is 2.32. The molecule has 0 radical (unpaired) electrons. The lowest BCUT2D eigenvalue weighted by atomic mass is 10.1. The molecule has 0 saturated heterocycles. The molecule has 1 aromatic carbocycles. The van der Waals surface area contributed by atoms with E-state index in [4.69, 9.17) is 21.9 Å². The van der Waals surface area contributed by atoms with Gasteiger partial charge in [-0.3, -0.25) is 0 Å². The van der Waals surface area contributed by atoms with Gasteiger partial charge < -0.3 is 10.3 Å². The van der Waals surface area contributed by atoms with Gasteiger partial charge in [-0.1, -0.05) is 28.9 Å². The second-order valence-corrected chi connectivity index (χ2v) is 6.52. The second-order valence-electron chi connectivity index (χ2n) is 3.95. The topological polar surface area (TPSA) is 86.2 Å². The van der Waals surface area contributed by atoms with Gasteiger partial charge in [0.25, 0.3) is 0 Å². The van der Waals surface area contributed by atoms with Gasteiger partial charge >= 0.3 is 0 Å². The lowest BCUT2D eigenvalue weighted by molar-refractivity contribution is 0.430. The van der Waals surface area contributed by atoms with Gasteiger partial charge in [0.05, 0.1) is 11.3 Å². The van der Waals surface area contributed by atoms with Crippen LogP contribution in [0.4, 0.5) is 5.88 Å². The number of sulfone groups is 1. The Morgan fingerprint density at radius 2 is 1.94 bits per heavy atom. The summed E-state index contributed by atoms with van der Waals surface area (Å²) in [4.78, 5) is 0. The highest BCUT2D eigenvalue weighted by Gasteiger charge is 2.19. The molecular weight excluding hydrogens is 276 g/mol. The number of hydrogen-bond acceptors (Lipinski definition) is 5. The van der Waals surface area contributed by atoms with Crippen LogP contribution >= 0.6 is 11.6 Å². The fraction of sp³-hybridized carbons (Fsp3) is 0.182. The fourth-order valence-corrected chi connectivity index (χ4v) is 2.43. The van der Waals surface area contributed by atoms with Crippen molar-refractivity contribution in [2.75, 3.05) is 12.0 Å². The zero-order valence-corrected chi connectivity index (χ0v) is 11.1. The summed E-state index contributed by atoms with van der Waals surface area (Å²) in [6, 6.07) is 6.84. The van der Waals surface area contributed by atoms with Crippen molar-refractivity contribution in [1.29, 1.82) is 0 Å². The highest BCUT2D eigenvalue weighted by atomic mass is 35.5. The first-order valence-corrected chi connectivity index (χ1v) is 7.48. The third-order valence-corrected chi connectivity index (χ3v) is 3.37. The molecule has 2 N–H and O–H groups in total. The molecule has 0 saturated carbocycles. The number of nitrogen functional groups attached to an aromatic ring is 1. The van der Waals surface area contributed by atoms with E-state index in [9.17, 15) is 8.42 Å². The van der Waals surface area contributed by atoms with Gasteiger partial charge in [0, 0.05) is 11.3 Å². The van der Waals surface area contributed by atoms with Crippen molar-refractivity contribution in [2.24, 2.45) is 0 Å². The summed E-state index contributed by atoms with van der Waals surface area (Å²) in [6.45, 7) is 0. The monoisotopic (exact) mass is 286 g/mol. The molecule has 0 amide bonds. The van der Waals surface area contributed by atoms with Crippen LogP contribution in [-0.4, -0.2) is 19.8 Å². The Morgan fingerprint density at radius 1 is 1.33 bits per heavy atom. The van der Waals surface area contributed by atoms with Gasteiger partial charge in [-0.15, -0.1) is 0 Å². The van der Waals surface area contributed by atoms with Gasteiger partial charge in [0.2, 0.25) is 5.88 Å². The van der Waals surface area contributed by atoms with Crippen molar-refractivity contribution >= 4 is 27.3 Å². The fourth-order valence-electron chi connectivity index (χ4n) is 1.61. The van der Waals surface area contributed by atoms with E-state index < -0.39 is 9.84 Å². The SMILES string of the molecule is CS(=O)(=O)Cc1noc(N)c1-c1ccc(Cl)cc1. The number of nitrogens with zero attached hydrogens (tertiary/aromatic N) is 1. The van der Waals surface area contributed by atoms with Crippen molar-refractivity contribution in [3.8, 4) is 11.1 Å². The lowest BCUT2D eigenvalue weighted by Crippen LogP contribution is -2.02. The maximum atomic E-state index is 11.3. The van der Waals surface area contributed by atoms with Gasteiger partial charge in [-0.25, -0.2) is 8.42 Å². The van der Waals surface area contributed by atoms with Crippen LogP contribution in [0.1, 0.15) is 5.69 Å². The first-order chi connectivity index (χ1) is 8.37. The molecule has 2 rings (SSSR count). The quantitative estimate of drug-likeness (QED) is 0.934. The Hall–Kier alpha value is -1.53. The van der Waals surface area contributed by atoms with E-state index in [1.165, 1.54) is 0 Å². The molecule has 0 fully saturated rings. The molecule has 0 aliphatic heterocycles. The molecule has 2 aromatic rings. The number of halogens is 1. The van der Waals surface area contributed by atoms with Gasteiger partial charge in [-0.05, 0) is 17.7 Å². The summed E-state index contributed by atoms with van der Waals surface area (Å²) in [5.41, 5.74) is 7.19. The lowest BCUT2D eigenvalue weighted by Gasteiger charge is -2.02. The van der Waals surface area contributed by atoms with Crippen molar-refractivity contribution in [2.45, 2.75) is 5.75 Å². The van der Waals surface area contributed by atoms with Crippen molar-refractivity contribution in [3.63, 3.8) is 0 Å². The number of anilines is 1. The number of nitrogens with two attached hydrogens (primary N) is 1. The molecule has 96 valence electrons. The molecule has 0 atom stereocenters. The smallest absolute Gasteiger partial charge is 0.230 e. The molecule has 1 aromatic heterocycles. The zero-order valence-electron chi connectivity index (χ0n) is 9.55. The molecular formula is C11H11ClN2O3S. The van der Waals surface area contributed by atoms with E-state index in [1.54, 1.807) is 24.3 Å². The van der Waals surface area contributed by atoms with Crippen LogP contribution in [0, 0.1) is 0 Å². The first-order valence-electron chi connectivity index (χ1n) is 5.04. The van der Waals surface area contributed by atoms with Crippen LogP contribution in [0.5, 0.6) is 0 Å². The average molecular weight is 287 g/mol. The molecule has 18 heavy (non-hydrogen) atoms. The van der Waals surface area contributed by atoms with Crippen LogP contribution in [0.3, 0.4) is 0 Å². The number of benzene rings is 1. The van der Waals surface area contributed by atoms with E-state index in [2.05, 4.69) is 5.16 Å². The van der Waals surface area contributed by atoms with E-state index in [0.29, 0.717) is 16.3 Å². The van der Waals surface area contributed by atoms with Crippen LogP contribution in [0.25, 0.3) is 11.1 Å². The molecule has 7 heteroatoms. The number of rotatable bonds is 3. The standard InChI is InChI=1S/C11H11ClN2O3S/c1-18(15,16)6-9-10(11(13)17-14-9)7-2-4-8(12)5-3-7/h2-5H,6,13H2,1H3. The summed E-state index contributed by atoms with van der Waals surface area (Å²) in [7, 11) is -3.21. The number of hydrogen-bond donors (Lipinski definition) is 1. The van der Waals surface area contributed by atoms with Crippen molar-refractivity contribution in [1.82, 2.24) is 5.16 Å². The summed E-state index contributed by atoms with van der Waals surface area (Å²) in [6.07, 6.45) is 1.13. The normalized spacial score (nSPS) is 11.7. The third kappa shape index (κ3) is 2.83. The average Bonchev–Trinajstić information content (AvgIpc) is 2.59. The first kappa shape index (κ1) is 12.9. The van der Waals surface area contributed by atoms with Gasteiger partial charge in [-0.2, -0.15) is 0 Å². The largest absolute Gasteiger partial charge is 0.367 e. The Balaban J connectivity index is 2.50. The summed E-state index contributed by atoms with van der Waals surface area (Å²) in [5, 5.41) is 4.27. The Morgan fingerprint density at radius 3 is 2.50 bits per heavy atom. The van der Waals surface area contributed by atoms with E-state index in [0.717, 1.165) is 11.8 Å². The van der Waals surface area contributed by atoms with Gasteiger partial charge in [0.15, 0.2) is 9.84 Å². The van der Waals surface area contributed by atoms with Crippen LogP contribution in [-0.2, 0) is 15.6 Å². The maximum Gasteiger partial charge on any atom is 0.230 e. The van der Waals surface area contributed by atoms with E-state index >= 15 is 0 Å². The molecule has 0 aliphatic carbocycles. The summed E-state index contributed by atoms with van der Waals surface area (Å²) >= 11 is 5.79. The minimum Gasteiger partial charge on any atom is -0.367 e. The predicted molar refractivity (Wildman–Crippen MR) is 69.9 cm³/mol. The van der Waals surface area contributed by atoms with Gasteiger partial charge in [0.1, 0.15) is 5.69 Å². The Bertz CT molecular complexity index is 662. The molecule has 0 spiro atoms. The number of aromatic nitrogens is 1. The van der Waals surface area contributed by atoms with Crippen LogP contribution in [0.15, 0.2) is 28.8 Å². The molecule has 0 aliphatic rings. The van der Waals surface area contributed by atoms with Crippen LogP contribution < -0.4 is 5.73 Å². The van der Waals surface area contributed by atoms with Crippen molar-refractivity contribution < 1.29 is 12.9 Å². The second kappa shape index (κ2) is 4.62. The minimum absolute atomic E-state index is 0.0935. The maximum absolute atomic E-state index is 11.3. The summed E-state index contributed by atoms with van der Waals surface area (Å²) < 4.78 is 27.5. The zero-order chi connectivity index (χ0) is 13.3. The summed E-state index contributed by atoms with van der Waals surface area (Å²) in [5.74, 6) is -0.123. The van der Waals surface area contributed by atoms with E-state index in [-0.39, 0.29) is 11.6 Å². The van der Waals surface area contributed by atoms with Crippen molar-refractivity contribution in [3.05, 3.63) is 35.0 Å². The molecule has 5 nitrogen and oxygen atoms in total. The highest BCUT2D eigenvalue weighted by Crippen LogP contribution is 2.31. The Kier molecular flexibility index (Phi) is 3.32. The van der Waals surface area contributed by atoms with Crippen LogP contribution in [0.2, 0.25) is 5.02 Å². The molecule has 0 unspecified atom stereocenters. The molecule has 0 bridgehead atoms. The Labute approximate surface area is 109 Å². The highest BCUT2D eigenvalue weighted by molar-refractivity contribution is 7.89. The predicted octanol–water partition coefficient (Wildman–Crippen LogP) is 2.12. The van der Waals surface area contributed by atoms with E-state index in [1.807, 2.05) is 0 Å².